The van der Waals surface area contributed by atoms with Gasteiger partial charge in [-0.15, -0.1) is 0 Å². The average molecular weight is 362 g/mol. The lowest BCUT2D eigenvalue weighted by Crippen LogP contribution is -2.30. The van der Waals surface area contributed by atoms with E-state index in [0.717, 1.165) is 11.1 Å². The summed E-state index contributed by atoms with van der Waals surface area (Å²) in [6.45, 7) is 1.92. The van der Waals surface area contributed by atoms with Crippen molar-refractivity contribution in [3.63, 3.8) is 0 Å². The molecule has 0 spiro atoms. The Morgan fingerprint density at radius 3 is 2.48 bits per heavy atom. The minimum atomic E-state index is -1.02. The van der Waals surface area contributed by atoms with E-state index in [9.17, 15) is 9.59 Å². The lowest BCUT2D eigenvalue weighted by Gasteiger charge is -2.22. The quantitative estimate of drug-likeness (QED) is 0.818. The number of carbonyl (C=O) groups excluding carboxylic acids is 1. The Kier molecular flexibility index (Phi) is 6.42. The van der Waals surface area contributed by atoms with E-state index in [1.165, 1.54) is 0 Å². The molecule has 0 radical (unpaired) electrons. The highest BCUT2D eigenvalue weighted by Crippen LogP contribution is 2.22. The van der Waals surface area contributed by atoms with E-state index in [0.29, 0.717) is 17.3 Å². The second-order valence-electron chi connectivity index (χ2n) is 5.80. The van der Waals surface area contributed by atoms with Crippen LogP contribution in [0.1, 0.15) is 24.0 Å². The molecule has 2 aromatic carbocycles. The lowest BCUT2D eigenvalue weighted by molar-refractivity contribution is -0.139. The van der Waals surface area contributed by atoms with Crippen molar-refractivity contribution in [2.75, 3.05) is 13.7 Å². The fraction of sp³-hybridized carbons (Fsp3) is 0.263. The molecule has 0 aromatic heterocycles. The van der Waals surface area contributed by atoms with Gasteiger partial charge in [0.25, 0.3) is 0 Å². The van der Waals surface area contributed by atoms with Gasteiger partial charge in [-0.05, 0) is 42.3 Å². The highest BCUT2D eigenvalue weighted by Gasteiger charge is 2.19. The normalized spacial score (nSPS) is 11.6. The second kappa shape index (κ2) is 8.53. The summed E-state index contributed by atoms with van der Waals surface area (Å²) in [6.07, 6.45) is 0. The van der Waals surface area contributed by atoms with Gasteiger partial charge >= 0.3 is 5.97 Å². The molecule has 0 heterocycles. The van der Waals surface area contributed by atoms with Gasteiger partial charge in [-0.1, -0.05) is 35.9 Å². The average Bonchev–Trinajstić information content (AvgIpc) is 2.59. The molecule has 1 amide bonds. The monoisotopic (exact) mass is 361 g/mol. The van der Waals surface area contributed by atoms with E-state index in [2.05, 4.69) is 0 Å². The fourth-order valence-corrected chi connectivity index (χ4v) is 2.64. The molecule has 0 aliphatic heterocycles. The predicted octanol–water partition coefficient (Wildman–Crippen LogP) is 3.57. The van der Waals surface area contributed by atoms with Crippen molar-refractivity contribution in [2.24, 2.45) is 0 Å². The van der Waals surface area contributed by atoms with Crippen molar-refractivity contribution in [3.8, 4) is 5.75 Å². The van der Waals surface area contributed by atoms with E-state index in [1.807, 2.05) is 31.2 Å². The first-order valence-electron chi connectivity index (χ1n) is 7.81. The summed E-state index contributed by atoms with van der Waals surface area (Å²) >= 11 is 5.99. The lowest BCUT2D eigenvalue weighted by atomic mass is 10.00. The Balaban J connectivity index is 1.97. The van der Waals surface area contributed by atoms with Crippen molar-refractivity contribution in [2.45, 2.75) is 19.4 Å². The Morgan fingerprint density at radius 2 is 1.88 bits per heavy atom. The van der Waals surface area contributed by atoms with Crippen LogP contribution in [0.3, 0.4) is 0 Å². The van der Waals surface area contributed by atoms with Crippen LogP contribution in [-0.4, -0.2) is 35.5 Å². The van der Waals surface area contributed by atoms with Gasteiger partial charge in [-0.25, -0.2) is 4.79 Å². The Bertz CT molecular complexity index is 745. The molecule has 5 nitrogen and oxygen atoms in total. The van der Waals surface area contributed by atoms with Crippen LogP contribution in [0.15, 0.2) is 48.5 Å². The number of amides is 1. The van der Waals surface area contributed by atoms with Crippen molar-refractivity contribution in [1.29, 1.82) is 0 Å². The molecule has 0 fully saturated rings. The maximum atomic E-state index is 12.6. The summed E-state index contributed by atoms with van der Waals surface area (Å²) in [4.78, 5) is 24.7. The van der Waals surface area contributed by atoms with Gasteiger partial charge in [0.05, 0.1) is 5.92 Å². The molecular formula is C19H20ClNO4. The molecule has 0 aliphatic carbocycles. The summed E-state index contributed by atoms with van der Waals surface area (Å²) in [6, 6.07) is 14.3. The zero-order valence-corrected chi connectivity index (χ0v) is 14.9. The van der Waals surface area contributed by atoms with Crippen molar-refractivity contribution in [3.05, 3.63) is 64.7 Å². The Labute approximate surface area is 151 Å². The number of hydrogen-bond donors (Lipinski definition) is 1. The second-order valence-corrected chi connectivity index (χ2v) is 6.23. The molecule has 25 heavy (non-hydrogen) atoms. The van der Waals surface area contributed by atoms with Crippen LogP contribution in [-0.2, 0) is 16.1 Å². The van der Waals surface area contributed by atoms with E-state index in [4.69, 9.17) is 21.4 Å². The first kappa shape index (κ1) is 18.8. The number of hydrogen-bond acceptors (Lipinski definition) is 3. The molecule has 6 heteroatoms. The van der Waals surface area contributed by atoms with Crippen molar-refractivity contribution >= 4 is 23.5 Å². The van der Waals surface area contributed by atoms with E-state index in [-0.39, 0.29) is 18.4 Å². The molecule has 0 saturated heterocycles. The smallest absolute Gasteiger partial charge is 0.341 e. The summed E-state index contributed by atoms with van der Waals surface area (Å²) in [5, 5.41) is 9.20. The topological polar surface area (TPSA) is 66.8 Å². The van der Waals surface area contributed by atoms with Crippen molar-refractivity contribution in [1.82, 2.24) is 4.90 Å². The number of benzene rings is 2. The molecule has 1 N–H and O–H groups in total. The number of carboxylic acids is 1. The van der Waals surface area contributed by atoms with Gasteiger partial charge in [0.1, 0.15) is 5.75 Å². The summed E-state index contributed by atoms with van der Waals surface area (Å²) in [5.41, 5.74) is 1.80. The predicted molar refractivity (Wildman–Crippen MR) is 95.9 cm³/mol. The third kappa shape index (κ3) is 5.50. The first-order valence-corrected chi connectivity index (χ1v) is 8.18. The molecule has 0 bridgehead atoms. The number of ether oxygens (including phenoxy) is 1. The number of carbonyl (C=O) groups is 2. The summed E-state index contributed by atoms with van der Waals surface area (Å²) < 4.78 is 5.09. The molecule has 2 aromatic rings. The molecule has 2 rings (SSSR count). The van der Waals surface area contributed by atoms with Crippen LogP contribution in [0.2, 0.25) is 5.02 Å². The first-order chi connectivity index (χ1) is 11.9. The van der Waals surface area contributed by atoms with E-state index < -0.39 is 5.97 Å². The molecule has 0 saturated carbocycles. The molecule has 1 atom stereocenters. The third-order valence-electron chi connectivity index (χ3n) is 3.80. The van der Waals surface area contributed by atoms with E-state index >= 15 is 0 Å². The van der Waals surface area contributed by atoms with Gasteiger partial charge in [0.15, 0.2) is 6.61 Å². The van der Waals surface area contributed by atoms with Crippen LogP contribution in [0.4, 0.5) is 0 Å². The van der Waals surface area contributed by atoms with Crippen LogP contribution in [0.5, 0.6) is 5.75 Å². The Morgan fingerprint density at radius 1 is 1.20 bits per heavy atom. The number of likely N-dealkylation sites (N-methyl/N-ethyl adjacent to an activating group) is 1. The molecule has 1 unspecified atom stereocenters. The third-order valence-corrected chi connectivity index (χ3v) is 4.04. The molecule has 0 aliphatic rings. The minimum Gasteiger partial charge on any atom is -0.482 e. The zero-order chi connectivity index (χ0) is 18.4. The maximum Gasteiger partial charge on any atom is 0.341 e. The van der Waals surface area contributed by atoms with Gasteiger partial charge < -0.3 is 14.7 Å². The largest absolute Gasteiger partial charge is 0.482 e. The van der Waals surface area contributed by atoms with E-state index in [1.54, 1.807) is 36.2 Å². The SMILES string of the molecule is CC(C(=O)N(C)Cc1ccc(OCC(=O)O)cc1)c1cccc(Cl)c1. The number of carboxylic acid groups (broad SMARTS) is 1. The van der Waals surface area contributed by atoms with Gasteiger partial charge in [-0.3, -0.25) is 4.79 Å². The zero-order valence-electron chi connectivity index (χ0n) is 14.1. The Hall–Kier alpha value is -2.53. The highest BCUT2D eigenvalue weighted by atomic mass is 35.5. The highest BCUT2D eigenvalue weighted by molar-refractivity contribution is 6.30. The van der Waals surface area contributed by atoms with Gasteiger partial charge in [-0.2, -0.15) is 0 Å². The van der Waals surface area contributed by atoms with Crippen LogP contribution >= 0.6 is 11.6 Å². The van der Waals surface area contributed by atoms with Crippen LogP contribution < -0.4 is 4.74 Å². The number of aliphatic carboxylic acids is 1. The van der Waals surface area contributed by atoms with Crippen LogP contribution in [0, 0.1) is 0 Å². The number of nitrogens with zero attached hydrogens (tertiary/aromatic N) is 1. The van der Waals surface area contributed by atoms with Gasteiger partial charge in [0.2, 0.25) is 5.91 Å². The fourth-order valence-electron chi connectivity index (χ4n) is 2.44. The van der Waals surface area contributed by atoms with Crippen molar-refractivity contribution < 1.29 is 19.4 Å². The minimum absolute atomic E-state index is 0.00605. The molecular weight excluding hydrogens is 342 g/mol. The maximum absolute atomic E-state index is 12.6. The summed E-state index contributed by atoms with van der Waals surface area (Å²) in [7, 11) is 1.75. The number of rotatable bonds is 7. The van der Waals surface area contributed by atoms with Gasteiger partial charge in [0, 0.05) is 18.6 Å². The number of halogens is 1. The molecule has 132 valence electrons. The standard InChI is InChI=1S/C19H20ClNO4/c1-13(15-4-3-5-16(20)10-15)19(24)21(2)11-14-6-8-17(9-7-14)25-12-18(22)23/h3-10,13H,11-12H2,1-2H3,(H,22,23). The summed E-state index contributed by atoms with van der Waals surface area (Å²) in [5.74, 6) is -0.841. The van der Waals surface area contributed by atoms with Crippen LogP contribution in [0.25, 0.3) is 0 Å².